The molecule has 1 aromatic heterocycles. The molecule has 0 unspecified atom stereocenters. The predicted molar refractivity (Wildman–Crippen MR) is 56.8 cm³/mol. The van der Waals surface area contributed by atoms with Crippen molar-refractivity contribution >= 4 is 5.82 Å². The van der Waals surface area contributed by atoms with Gasteiger partial charge in [-0.1, -0.05) is 13.3 Å². The van der Waals surface area contributed by atoms with Crippen LogP contribution in [0.5, 0.6) is 0 Å². The van der Waals surface area contributed by atoms with Crippen LogP contribution in [-0.4, -0.2) is 10.5 Å². The Morgan fingerprint density at radius 3 is 2.79 bits per heavy atom. The minimum absolute atomic E-state index is 0.107. The fourth-order valence-corrected chi connectivity index (χ4v) is 1.49. The molecule has 0 saturated heterocycles. The maximum absolute atomic E-state index is 13.2. The molecule has 0 aliphatic rings. The Bertz CT molecular complexity index is 297. The summed E-state index contributed by atoms with van der Waals surface area (Å²) in [4.78, 5) is 3.96. The monoisotopic (exact) mass is 196 g/mol. The van der Waals surface area contributed by atoms with Gasteiger partial charge in [0.15, 0.2) is 11.6 Å². The van der Waals surface area contributed by atoms with Gasteiger partial charge in [0.1, 0.15) is 0 Å². The van der Waals surface area contributed by atoms with Crippen LogP contribution in [0.3, 0.4) is 0 Å². The maximum atomic E-state index is 13.2. The summed E-state index contributed by atoms with van der Waals surface area (Å²) in [5.41, 5.74) is -0.107. The Balaban J connectivity index is 2.73. The van der Waals surface area contributed by atoms with E-state index in [-0.39, 0.29) is 11.4 Å². The van der Waals surface area contributed by atoms with Crippen molar-refractivity contribution in [1.29, 1.82) is 0 Å². The van der Waals surface area contributed by atoms with Crippen molar-refractivity contribution in [2.75, 3.05) is 5.32 Å². The zero-order valence-corrected chi connectivity index (χ0v) is 8.97. The largest absolute Gasteiger partial charge is 0.363 e. The molecule has 14 heavy (non-hydrogen) atoms. The average molecular weight is 196 g/mol. The van der Waals surface area contributed by atoms with Crippen LogP contribution in [0.4, 0.5) is 10.2 Å². The van der Waals surface area contributed by atoms with Gasteiger partial charge in [0.25, 0.3) is 0 Å². The second kappa shape index (κ2) is 4.40. The Kier molecular flexibility index (Phi) is 3.44. The number of hydrogen-bond acceptors (Lipinski definition) is 2. The third kappa shape index (κ3) is 2.98. The first-order valence-corrected chi connectivity index (χ1v) is 4.94. The predicted octanol–water partition coefficient (Wildman–Crippen LogP) is 3.21. The first-order chi connectivity index (χ1) is 6.55. The van der Waals surface area contributed by atoms with Crippen molar-refractivity contribution in [3.05, 3.63) is 24.1 Å². The second-order valence-electron chi connectivity index (χ2n) is 4.09. The van der Waals surface area contributed by atoms with Crippen LogP contribution in [0.1, 0.15) is 33.6 Å². The number of hydrogen-bond donors (Lipinski definition) is 1. The van der Waals surface area contributed by atoms with Crippen LogP contribution in [0.2, 0.25) is 0 Å². The van der Waals surface area contributed by atoms with E-state index in [0.29, 0.717) is 5.82 Å². The maximum Gasteiger partial charge on any atom is 0.165 e. The molecule has 0 aliphatic heterocycles. The zero-order valence-electron chi connectivity index (χ0n) is 8.97. The van der Waals surface area contributed by atoms with Crippen molar-refractivity contribution in [3.8, 4) is 0 Å². The first-order valence-electron chi connectivity index (χ1n) is 4.94. The van der Waals surface area contributed by atoms with Crippen molar-refractivity contribution < 1.29 is 4.39 Å². The van der Waals surface area contributed by atoms with Crippen molar-refractivity contribution in [2.45, 2.75) is 39.2 Å². The number of anilines is 1. The van der Waals surface area contributed by atoms with Crippen molar-refractivity contribution in [2.24, 2.45) is 0 Å². The SMILES string of the molecule is CCCC(C)(C)Nc1ncccc1F. The molecule has 0 aromatic carbocycles. The Morgan fingerprint density at radius 1 is 1.50 bits per heavy atom. The van der Waals surface area contributed by atoms with Crippen molar-refractivity contribution in [3.63, 3.8) is 0 Å². The summed E-state index contributed by atoms with van der Waals surface area (Å²) in [7, 11) is 0. The molecule has 0 atom stereocenters. The van der Waals surface area contributed by atoms with E-state index in [9.17, 15) is 4.39 Å². The highest BCUT2D eigenvalue weighted by molar-refractivity contribution is 5.38. The number of rotatable bonds is 4. The van der Waals surface area contributed by atoms with Crippen molar-refractivity contribution in [1.82, 2.24) is 4.98 Å². The number of nitrogens with zero attached hydrogens (tertiary/aromatic N) is 1. The highest BCUT2D eigenvalue weighted by Crippen LogP contribution is 2.19. The summed E-state index contributed by atoms with van der Waals surface area (Å²) in [6, 6.07) is 3.00. The van der Waals surface area contributed by atoms with E-state index in [0.717, 1.165) is 12.8 Å². The molecule has 3 heteroatoms. The van der Waals surface area contributed by atoms with Gasteiger partial charge in [-0.3, -0.25) is 0 Å². The fourth-order valence-electron chi connectivity index (χ4n) is 1.49. The Hall–Kier alpha value is -1.12. The summed E-state index contributed by atoms with van der Waals surface area (Å²) < 4.78 is 13.2. The molecule has 1 N–H and O–H groups in total. The second-order valence-corrected chi connectivity index (χ2v) is 4.09. The lowest BCUT2D eigenvalue weighted by Crippen LogP contribution is -2.31. The molecule has 0 spiro atoms. The third-order valence-electron chi connectivity index (χ3n) is 2.09. The van der Waals surface area contributed by atoms with E-state index < -0.39 is 0 Å². The van der Waals surface area contributed by atoms with Crippen LogP contribution in [-0.2, 0) is 0 Å². The van der Waals surface area contributed by atoms with E-state index in [2.05, 4.69) is 17.2 Å². The number of pyridine rings is 1. The van der Waals surface area contributed by atoms with Crippen LogP contribution in [0.15, 0.2) is 18.3 Å². The molecule has 0 radical (unpaired) electrons. The number of nitrogens with one attached hydrogen (secondary N) is 1. The summed E-state index contributed by atoms with van der Waals surface area (Å²) in [6.45, 7) is 6.20. The molecular weight excluding hydrogens is 179 g/mol. The Labute approximate surface area is 84.6 Å². The zero-order chi connectivity index (χ0) is 10.6. The van der Waals surface area contributed by atoms with Crippen LogP contribution in [0.25, 0.3) is 0 Å². The molecule has 0 fully saturated rings. The van der Waals surface area contributed by atoms with Gasteiger partial charge in [0, 0.05) is 11.7 Å². The molecular formula is C11H17FN2. The molecule has 2 nitrogen and oxygen atoms in total. The van der Waals surface area contributed by atoms with Gasteiger partial charge in [-0.05, 0) is 32.4 Å². The minimum atomic E-state index is -0.295. The quantitative estimate of drug-likeness (QED) is 0.799. The highest BCUT2D eigenvalue weighted by atomic mass is 19.1. The molecule has 0 aliphatic carbocycles. The first kappa shape index (κ1) is 11.0. The average Bonchev–Trinajstić information content (AvgIpc) is 2.08. The number of aromatic nitrogens is 1. The summed E-state index contributed by atoms with van der Waals surface area (Å²) in [5, 5.41) is 3.10. The van der Waals surface area contributed by atoms with Gasteiger partial charge in [0.05, 0.1) is 0 Å². The van der Waals surface area contributed by atoms with Gasteiger partial charge in [-0.25, -0.2) is 9.37 Å². The highest BCUT2D eigenvalue weighted by Gasteiger charge is 2.17. The van der Waals surface area contributed by atoms with Gasteiger partial charge in [-0.15, -0.1) is 0 Å². The minimum Gasteiger partial charge on any atom is -0.363 e. The van der Waals surface area contributed by atoms with E-state index in [1.54, 1.807) is 12.3 Å². The molecule has 0 bridgehead atoms. The van der Waals surface area contributed by atoms with Gasteiger partial charge >= 0.3 is 0 Å². The molecule has 1 aromatic rings. The van der Waals surface area contributed by atoms with Gasteiger partial charge in [0.2, 0.25) is 0 Å². The third-order valence-corrected chi connectivity index (χ3v) is 2.09. The van der Waals surface area contributed by atoms with Gasteiger partial charge < -0.3 is 5.32 Å². The smallest absolute Gasteiger partial charge is 0.165 e. The molecule has 78 valence electrons. The number of halogens is 1. The van der Waals surface area contributed by atoms with Crippen LogP contribution < -0.4 is 5.32 Å². The summed E-state index contributed by atoms with van der Waals surface area (Å²) in [5.74, 6) is 0.0441. The van der Waals surface area contributed by atoms with E-state index in [1.165, 1.54) is 6.07 Å². The molecule has 1 heterocycles. The van der Waals surface area contributed by atoms with E-state index in [1.807, 2.05) is 13.8 Å². The van der Waals surface area contributed by atoms with Gasteiger partial charge in [-0.2, -0.15) is 0 Å². The van der Waals surface area contributed by atoms with E-state index in [4.69, 9.17) is 0 Å². The summed E-state index contributed by atoms with van der Waals surface area (Å²) in [6.07, 6.45) is 3.64. The molecule has 1 rings (SSSR count). The standard InChI is InChI=1S/C11H17FN2/c1-4-7-11(2,3)14-10-9(12)6-5-8-13-10/h5-6,8H,4,7H2,1-3H3,(H,13,14). The lowest BCUT2D eigenvalue weighted by molar-refractivity contribution is 0.502. The Morgan fingerprint density at radius 2 is 2.21 bits per heavy atom. The topological polar surface area (TPSA) is 24.9 Å². The lowest BCUT2D eigenvalue weighted by Gasteiger charge is -2.26. The van der Waals surface area contributed by atoms with Crippen LogP contribution >= 0.6 is 0 Å². The fraction of sp³-hybridized carbons (Fsp3) is 0.545. The van der Waals surface area contributed by atoms with E-state index >= 15 is 0 Å². The van der Waals surface area contributed by atoms with Crippen LogP contribution in [0, 0.1) is 5.82 Å². The summed E-state index contributed by atoms with van der Waals surface area (Å²) >= 11 is 0. The molecule has 0 saturated carbocycles. The normalized spacial score (nSPS) is 11.4. The molecule has 0 amide bonds. The lowest BCUT2D eigenvalue weighted by atomic mass is 9.99.